The molecule has 0 rings (SSSR count). The lowest BCUT2D eigenvalue weighted by molar-refractivity contribution is 0.579. The predicted molar refractivity (Wildman–Crippen MR) is 44.1 cm³/mol. The van der Waals surface area contributed by atoms with Crippen LogP contribution in [0.25, 0.3) is 0 Å². The molecule has 0 spiro atoms. The maximum Gasteiger partial charge on any atom is 0.165 e. The molecule has 0 saturated heterocycles. The minimum Gasteiger partial charge on any atom is -0.303 e. The normalized spacial score (nSPS) is 14.7. The van der Waals surface area contributed by atoms with Crippen LogP contribution in [-0.4, -0.2) is 13.7 Å². The van der Waals surface area contributed by atoms with E-state index in [-0.39, 0.29) is 0 Å². The van der Waals surface area contributed by atoms with Crippen molar-refractivity contribution in [1.29, 1.82) is 0 Å². The molecule has 0 aromatic heterocycles. The first-order chi connectivity index (χ1) is 4.12. The molecule has 56 valence electrons. The fourth-order valence-electron chi connectivity index (χ4n) is 0.0913. The molecular weight excluding hydrogens is 133 g/mol. The van der Waals surface area contributed by atoms with Crippen LogP contribution in [0.3, 0.4) is 0 Å². The summed E-state index contributed by atoms with van der Waals surface area (Å²) < 4.78 is 10.7. The molecule has 0 saturated carbocycles. The van der Waals surface area contributed by atoms with Gasteiger partial charge in [-0.05, 0) is 12.9 Å². The van der Waals surface area contributed by atoms with E-state index in [9.17, 15) is 4.57 Å². The molecule has 1 N–H and O–H groups in total. The van der Waals surface area contributed by atoms with E-state index in [1.807, 2.05) is 13.8 Å². The molecule has 0 heterocycles. The summed E-state index contributed by atoms with van der Waals surface area (Å²) in [7, 11) is -0.485. The molecule has 0 radical (unpaired) electrons. The Balaban J connectivity index is 0. The van der Waals surface area contributed by atoms with Crippen LogP contribution in [0.5, 0.6) is 0 Å². The van der Waals surface area contributed by atoms with Gasteiger partial charge in [-0.1, -0.05) is 20.4 Å². The average Bonchev–Trinajstić information content (AvgIpc) is 1.93. The zero-order chi connectivity index (χ0) is 7.91. The Labute approximate surface area is 57.8 Å². The summed E-state index contributed by atoms with van der Waals surface area (Å²) in [6.07, 6.45) is 0. The molecule has 2 nitrogen and oxygen atoms in total. The number of rotatable bonds is 2. The lowest BCUT2D eigenvalue weighted by Crippen LogP contribution is -1.96. The van der Waals surface area contributed by atoms with Crippen molar-refractivity contribution in [2.75, 3.05) is 13.7 Å². The number of hydrogen-bond donors (Lipinski definition) is 1. The molecule has 0 aromatic rings. The molecule has 1 unspecified atom stereocenters. The van der Waals surface area contributed by atoms with Crippen molar-refractivity contribution in [3.05, 3.63) is 12.4 Å². The van der Waals surface area contributed by atoms with Gasteiger partial charge in [-0.3, -0.25) is 5.09 Å². The first kappa shape index (κ1) is 11.7. The highest BCUT2D eigenvalue weighted by molar-refractivity contribution is 7.64. The van der Waals surface area contributed by atoms with Gasteiger partial charge in [-0.15, -0.1) is 0 Å². The minimum absolute atomic E-state index is 1.44. The monoisotopic (exact) mass is 149 g/mol. The number of nitrogens with one attached hydrogen (secondary N) is 1. The van der Waals surface area contributed by atoms with Gasteiger partial charge in [0.15, 0.2) is 7.29 Å². The fraction of sp³-hybridized carbons (Fsp3) is 0.667. The molecule has 0 bridgehead atoms. The second-order valence-corrected chi connectivity index (χ2v) is 4.19. The highest BCUT2D eigenvalue weighted by Gasteiger charge is 2.01. The molecule has 0 aromatic carbocycles. The van der Waals surface area contributed by atoms with Crippen molar-refractivity contribution in [1.82, 2.24) is 5.09 Å². The zero-order valence-corrected chi connectivity index (χ0v) is 7.53. The van der Waals surface area contributed by atoms with E-state index in [0.29, 0.717) is 0 Å². The molecule has 9 heavy (non-hydrogen) atoms. The summed E-state index contributed by atoms with van der Waals surface area (Å²) in [5.74, 6) is 1.44. The summed E-state index contributed by atoms with van der Waals surface area (Å²) >= 11 is 0. The Hall–Kier alpha value is -0.0700. The zero-order valence-electron chi connectivity index (χ0n) is 6.64. The summed E-state index contributed by atoms with van der Waals surface area (Å²) in [6.45, 7) is 9.00. The Morgan fingerprint density at radius 1 is 1.56 bits per heavy atom. The number of hydrogen-bond acceptors (Lipinski definition) is 1. The van der Waals surface area contributed by atoms with Crippen LogP contribution in [0, 0.1) is 0 Å². The van der Waals surface area contributed by atoms with Crippen molar-refractivity contribution in [3.63, 3.8) is 0 Å². The van der Waals surface area contributed by atoms with E-state index in [1.54, 1.807) is 13.7 Å². The van der Waals surface area contributed by atoms with Crippen LogP contribution in [0.2, 0.25) is 0 Å². The van der Waals surface area contributed by atoms with E-state index in [1.165, 1.54) is 5.82 Å². The summed E-state index contributed by atoms with van der Waals surface area (Å²) in [5, 5.41) is 2.63. The van der Waals surface area contributed by atoms with Crippen LogP contribution in [0.4, 0.5) is 0 Å². The van der Waals surface area contributed by atoms with Crippen LogP contribution >= 0.6 is 7.29 Å². The van der Waals surface area contributed by atoms with Crippen LogP contribution in [-0.2, 0) is 4.57 Å². The SMILES string of the molecule is C=CP(C)(=O)NC.CC. The Morgan fingerprint density at radius 3 is 1.89 bits per heavy atom. The lowest BCUT2D eigenvalue weighted by atomic mass is 11.0. The predicted octanol–water partition coefficient (Wildman–Crippen LogP) is 2.28. The maximum atomic E-state index is 10.7. The second-order valence-electron chi connectivity index (χ2n) is 1.40. The molecule has 0 aliphatic rings. The van der Waals surface area contributed by atoms with Crippen LogP contribution < -0.4 is 5.09 Å². The van der Waals surface area contributed by atoms with Crippen molar-refractivity contribution in [2.45, 2.75) is 13.8 Å². The smallest absolute Gasteiger partial charge is 0.165 e. The topological polar surface area (TPSA) is 29.1 Å². The van der Waals surface area contributed by atoms with E-state index < -0.39 is 7.29 Å². The summed E-state index contributed by atoms with van der Waals surface area (Å²) in [4.78, 5) is 0. The van der Waals surface area contributed by atoms with Gasteiger partial charge >= 0.3 is 0 Å². The Morgan fingerprint density at radius 2 is 1.89 bits per heavy atom. The molecule has 0 fully saturated rings. The van der Waals surface area contributed by atoms with Crippen LogP contribution in [0.15, 0.2) is 12.4 Å². The van der Waals surface area contributed by atoms with Gasteiger partial charge in [0.2, 0.25) is 0 Å². The minimum atomic E-state index is -2.14. The van der Waals surface area contributed by atoms with E-state index in [4.69, 9.17) is 0 Å². The van der Waals surface area contributed by atoms with Gasteiger partial charge in [0, 0.05) is 6.66 Å². The molecule has 0 amide bonds. The largest absolute Gasteiger partial charge is 0.303 e. The third kappa shape index (κ3) is 7.93. The standard InChI is InChI=1S/C4H10NOP.C2H6/c1-4-7(3,6)5-2;1-2/h4H,1H2,2-3H3,(H,5,6);1-2H3. The van der Waals surface area contributed by atoms with Crippen LogP contribution in [0.1, 0.15) is 13.8 Å². The van der Waals surface area contributed by atoms with Gasteiger partial charge in [0.25, 0.3) is 0 Å². The van der Waals surface area contributed by atoms with E-state index in [2.05, 4.69) is 11.7 Å². The molecule has 0 aliphatic carbocycles. The van der Waals surface area contributed by atoms with Crippen molar-refractivity contribution in [2.24, 2.45) is 0 Å². The van der Waals surface area contributed by atoms with Gasteiger partial charge < -0.3 is 4.57 Å². The quantitative estimate of drug-likeness (QED) is 0.610. The van der Waals surface area contributed by atoms with Crippen molar-refractivity contribution >= 4 is 7.29 Å². The van der Waals surface area contributed by atoms with E-state index >= 15 is 0 Å². The fourth-order valence-corrected chi connectivity index (χ4v) is 0.274. The molecule has 0 aliphatic heterocycles. The van der Waals surface area contributed by atoms with E-state index in [0.717, 1.165) is 0 Å². The summed E-state index contributed by atoms with van der Waals surface area (Å²) in [5.41, 5.74) is 0. The lowest BCUT2D eigenvalue weighted by Gasteiger charge is -2.01. The average molecular weight is 149 g/mol. The second kappa shape index (κ2) is 6.06. The van der Waals surface area contributed by atoms with Gasteiger partial charge in [0.05, 0.1) is 0 Å². The van der Waals surface area contributed by atoms with Crippen molar-refractivity contribution < 1.29 is 4.57 Å². The third-order valence-electron chi connectivity index (χ3n) is 0.792. The molecular formula is C6H16NOP. The highest BCUT2D eigenvalue weighted by Crippen LogP contribution is 2.35. The van der Waals surface area contributed by atoms with Crippen molar-refractivity contribution in [3.8, 4) is 0 Å². The third-order valence-corrected chi connectivity index (χ3v) is 2.38. The summed E-state index contributed by atoms with van der Waals surface area (Å²) in [6, 6.07) is 0. The van der Waals surface area contributed by atoms with Gasteiger partial charge in [0.1, 0.15) is 0 Å². The highest BCUT2D eigenvalue weighted by atomic mass is 31.2. The Kier molecular flexibility index (Phi) is 7.87. The van der Waals surface area contributed by atoms with Gasteiger partial charge in [-0.2, -0.15) is 0 Å². The first-order valence-corrected chi connectivity index (χ1v) is 5.24. The first-order valence-electron chi connectivity index (χ1n) is 3.02. The van der Waals surface area contributed by atoms with Gasteiger partial charge in [-0.25, -0.2) is 0 Å². The molecule has 1 atom stereocenters. The Bertz CT molecular complexity index is 112. The molecule has 3 heteroatoms. The maximum absolute atomic E-state index is 10.7.